The van der Waals surface area contributed by atoms with E-state index >= 15 is 0 Å². The van der Waals surface area contributed by atoms with E-state index in [-0.39, 0.29) is 36.3 Å². The van der Waals surface area contributed by atoms with E-state index < -0.39 is 0 Å². The van der Waals surface area contributed by atoms with Gasteiger partial charge in [0.15, 0.2) is 0 Å². The average Bonchev–Trinajstić information content (AvgIpc) is 2.60. The summed E-state index contributed by atoms with van der Waals surface area (Å²) in [7, 11) is 0. The number of rotatable bonds is 1. The van der Waals surface area contributed by atoms with Gasteiger partial charge in [-0.15, -0.1) is 0 Å². The number of hydrogen-bond donors (Lipinski definition) is 0. The summed E-state index contributed by atoms with van der Waals surface area (Å²) in [6.45, 7) is 0.530. The molecule has 1 aliphatic carbocycles. The Kier molecular flexibility index (Phi) is 3.20. The normalized spacial score (nSPS) is 16.4. The number of benzene rings is 2. The minimum Gasteiger partial charge on any atom is -0.483 e. The highest BCUT2D eigenvalue weighted by Gasteiger charge is 2.37. The third-order valence-corrected chi connectivity index (χ3v) is 4.22. The van der Waals surface area contributed by atoms with E-state index in [4.69, 9.17) is 21.1 Å². The van der Waals surface area contributed by atoms with Crippen molar-refractivity contribution in [3.63, 3.8) is 0 Å². The Hall–Kier alpha value is -2.59. The lowest BCUT2D eigenvalue weighted by Gasteiger charge is -2.25. The molecule has 0 N–H and O–H groups in total. The number of hydrogen-bond acceptors (Lipinski definition) is 4. The Balaban J connectivity index is 1.86. The van der Waals surface area contributed by atoms with Crippen molar-refractivity contribution in [3.05, 3.63) is 70.1 Å². The molecule has 0 bridgehead atoms. The standard InChI is InChI=1S/C18H11ClO4/c19-14-4-2-1-3-11(14)10-5-6-12-13(9-10)16(21)18-17(15(12)20)22-7-8-23-18/h1-6,9H,7-8H2. The zero-order chi connectivity index (χ0) is 16.0. The maximum absolute atomic E-state index is 12.6. The van der Waals surface area contributed by atoms with Crippen LogP contribution in [0.25, 0.3) is 11.1 Å². The van der Waals surface area contributed by atoms with Crippen molar-refractivity contribution in [1.29, 1.82) is 0 Å². The number of halogens is 1. The van der Waals surface area contributed by atoms with Gasteiger partial charge in [0.25, 0.3) is 0 Å². The predicted octanol–water partition coefficient (Wildman–Crippen LogP) is 3.64. The highest BCUT2D eigenvalue weighted by molar-refractivity contribution is 6.33. The molecule has 2 aliphatic rings. The minimum atomic E-state index is -0.330. The number of Topliss-reactive ketones (excluding diaryl/α,β-unsaturated/α-hetero) is 2. The van der Waals surface area contributed by atoms with Gasteiger partial charge >= 0.3 is 0 Å². The van der Waals surface area contributed by atoms with Gasteiger partial charge in [-0.25, -0.2) is 0 Å². The van der Waals surface area contributed by atoms with Gasteiger partial charge in [-0.1, -0.05) is 35.9 Å². The van der Waals surface area contributed by atoms with Gasteiger partial charge in [0.2, 0.25) is 23.1 Å². The molecule has 4 rings (SSSR count). The molecule has 0 aromatic heterocycles. The maximum atomic E-state index is 12.6. The van der Waals surface area contributed by atoms with E-state index in [1.165, 1.54) is 0 Å². The molecule has 1 heterocycles. The van der Waals surface area contributed by atoms with E-state index in [2.05, 4.69) is 0 Å². The topological polar surface area (TPSA) is 52.6 Å². The first-order valence-electron chi connectivity index (χ1n) is 7.15. The third-order valence-electron chi connectivity index (χ3n) is 3.89. The van der Waals surface area contributed by atoms with Gasteiger partial charge in [-0.05, 0) is 23.8 Å². The van der Waals surface area contributed by atoms with Crippen LogP contribution in [0.5, 0.6) is 0 Å². The monoisotopic (exact) mass is 326 g/mol. The molecular formula is C18H11ClO4. The maximum Gasteiger partial charge on any atom is 0.232 e. The summed E-state index contributed by atoms with van der Waals surface area (Å²) in [6, 6.07) is 12.4. The van der Waals surface area contributed by atoms with Crippen LogP contribution in [-0.4, -0.2) is 24.8 Å². The minimum absolute atomic E-state index is 0.00468. The van der Waals surface area contributed by atoms with Gasteiger partial charge in [0.05, 0.1) is 0 Å². The summed E-state index contributed by atoms with van der Waals surface area (Å²) < 4.78 is 10.7. The fourth-order valence-corrected chi connectivity index (χ4v) is 3.04. The molecule has 23 heavy (non-hydrogen) atoms. The predicted molar refractivity (Wildman–Crippen MR) is 84.5 cm³/mol. The van der Waals surface area contributed by atoms with Gasteiger partial charge in [-0.2, -0.15) is 0 Å². The lowest BCUT2D eigenvalue weighted by molar-refractivity contribution is 0.0437. The van der Waals surface area contributed by atoms with Crippen molar-refractivity contribution >= 4 is 23.2 Å². The van der Waals surface area contributed by atoms with E-state index in [0.717, 1.165) is 11.1 Å². The number of carbonyl (C=O) groups excluding carboxylic acids is 2. The van der Waals surface area contributed by atoms with Gasteiger partial charge < -0.3 is 9.47 Å². The van der Waals surface area contributed by atoms with Crippen molar-refractivity contribution in [2.24, 2.45) is 0 Å². The smallest absolute Gasteiger partial charge is 0.232 e. The summed E-state index contributed by atoms with van der Waals surface area (Å²) >= 11 is 6.21. The molecule has 2 aromatic rings. The van der Waals surface area contributed by atoms with Crippen LogP contribution in [0, 0.1) is 0 Å². The molecule has 0 fully saturated rings. The second kappa shape index (κ2) is 5.25. The highest BCUT2D eigenvalue weighted by Crippen LogP contribution is 2.34. The number of allylic oxidation sites excluding steroid dienone is 2. The Morgan fingerprint density at radius 3 is 2.13 bits per heavy atom. The number of carbonyl (C=O) groups is 2. The molecule has 114 valence electrons. The molecule has 5 heteroatoms. The van der Waals surface area contributed by atoms with Crippen LogP contribution in [-0.2, 0) is 9.47 Å². The summed E-state index contributed by atoms with van der Waals surface area (Å²) in [6.07, 6.45) is 0. The molecule has 1 aliphatic heterocycles. The highest BCUT2D eigenvalue weighted by atomic mass is 35.5. The van der Waals surface area contributed by atoms with Crippen LogP contribution >= 0.6 is 11.6 Å². The molecule has 4 nitrogen and oxygen atoms in total. The van der Waals surface area contributed by atoms with Gasteiger partial charge in [0, 0.05) is 21.7 Å². The SMILES string of the molecule is O=C1C2=C(OCCO2)C(=O)c2cc(-c3ccccc3Cl)ccc21. The molecule has 0 amide bonds. The first-order chi connectivity index (χ1) is 11.2. The molecule has 0 atom stereocenters. The first-order valence-corrected chi connectivity index (χ1v) is 7.53. The molecule has 0 spiro atoms. The third kappa shape index (κ3) is 2.14. The zero-order valence-electron chi connectivity index (χ0n) is 12.0. The largest absolute Gasteiger partial charge is 0.483 e. The second-order valence-corrected chi connectivity index (χ2v) is 5.66. The number of ether oxygens (including phenoxy) is 2. The molecule has 0 saturated carbocycles. The summed E-state index contributed by atoms with van der Waals surface area (Å²) in [5.74, 6) is -0.632. The van der Waals surface area contributed by atoms with Gasteiger partial charge in [0.1, 0.15) is 13.2 Å². The summed E-state index contributed by atoms with van der Waals surface area (Å²) in [4.78, 5) is 25.1. The van der Waals surface area contributed by atoms with Crippen LogP contribution in [0.1, 0.15) is 20.7 Å². The first kappa shape index (κ1) is 14.0. The van der Waals surface area contributed by atoms with Gasteiger partial charge in [-0.3, -0.25) is 9.59 Å². The lowest BCUT2D eigenvalue weighted by Crippen LogP contribution is -2.29. The average molecular weight is 327 g/mol. The number of fused-ring (bicyclic) bond motifs is 1. The van der Waals surface area contributed by atoms with Crippen molar-refractivity contribution in [2.45, 2.75) is 0 Å². The fourth-order valence-electron chi connectivity index (χ4n) is 2.79. The van der Waals surface area contributed by atoms with E-state index in [1.807, 2.05) is 18.2 Å². The number of ketones is 2. The molecule has 0 radical (unpaired) electrons. The van der Waals surface area contributed by atoms with E-state index in [9.17, 15) is 9.59 Å². The van der Waals surface area contributed by atoms with Crippen molar-refractivity contribution < 1.29 is 19.1 Å². The quantitative estimate of drug-likeness (QED) is 0.802. The van der Waals surface area contributed by atoms with Crippen LogP contribution in [0.3, 0.4) is 0 Å². The zero-order valence-corrected chi connectivity index (χ0v) is 12.7. The summed E-state index contributed by atoms with van der Waals surface area (Å²) in [5.41, 5.74) is 2.22. The van der Waals surface area contributed by atoms with Crippen LogP contribution in [0.2, 0.25) is 5.02 Å². The molecule has 2 aromatic carbocycles. The van der Waals surface area contributed by atoms with Crippen LogP contribution in [0.15, 0.2) is 54.0 Å². The van der Waals surface area contributed by atoms with E-state index in [1.54, 1.807) is 24.3 Å². The van der Waals surface area contributed by atoms with Crippen molar-refractivity contribution in [1.82, 2.24) is 0 Å². The van der Waals surface area contributed by atoms with Crippen LogP contribution in [0.4, 0.5) is 0 Å². The Bertz CT molecular complexity index is 882. The second-order valence-electron chi connectivity index (χ2n) is 5.25. The van der Waals surface area contributed by atoms with Crippen molar-refractivity contribution in [2.75, 3.05) is 13.2 Å². The molecule has 0 unspecified atom stereocenters. The Labute approximate surface area is 137 Å². The fraction of sp³-hybridized carbons (Fsp3) is 0.111. The molecule has 0 saturated heterocycles. The van der Waals surface area contributed by atoms with Crippen molar-refractivity contribution in [3.8, 4) is 11.1 Å². The Morgan fingerprint density at radius 2 is 1.43 bits per heavy atom. The Morgan fingerprint density at radius 1 is 0.783 bits per heavy atom. The summed E-state index contributed by atoms with van der Waals surface area (Å²) in [5, 5.41) is 0.583. The van der Waals surface area contributed by atoms with Crippen LogP contribution < -0.4 is 0 Å². The van der Waals surface area contributed by atoms with E-state index in [0.29, 0.717) is 16.1 Å². The lowest BCUT2D eigenvalue weighted by atomic mass is 9.89. The molecular weight excluding hydrogens is 316 g/mol.